The van der Waals surface area contributed by atoms with Crippen molar-refractivity contribution >= 4 is 0 Å². The summed E-state index contributed by atoms with van der Waals surface area (Å²) < 4.78 is 5.70. The average molecular weight is 208 g/mol. The lowest BCUT2D eigenvalue weighted by molar-refractivity contribution is -0.0724. The van der Waals surface area contributed by atoms with E-state index in [9.17, 15) is 0 Å². The van der Waals surface area contributed by atoms with Gasteiger partial charge in [-0.1, -0.05) is 0 Å². The predicted molar refractivity (Wildman–Crippen MR) is 58.3 cm³/mol. The minimum atomic E-state index is 0.339. The van der Waals surface area contributed by atoms with Crippen molar-refractivity contribution in [3.8, 4) is 6.07 Å². The van der Waals surface area contributed by atoms with Crippen LogP contribution in [-0.4, -0.2) is 36.7 Å². The molecule has 1 aliphatic carbocycles. The zero-order chi connectivity index (χ0) is 10.9. The lowest BCUT2D eigenvalue weighted by Crippen LogP contribution is -2.47. The molecule has 1 heterocycles. The number of hydrogen-bond donors (Lipinski definition) is 0. The molecule has 84 valence electrons. The topological polar surface area (TPSA) is 36.3 Å². The highest BCUT2D eigenvalue weighted by atomic mass is 16.5. The van der Waals surface area contributed by atoms with Gasteiger partial charge in [-0.3, -0.25) is 4.90 Å². The molecule has 1 aliphatic heterocycles. The van der Waals surface area contributed by atoms with Crippen LogP contribution in [0.3, 0.4) is 0 Å². The quantitative estimate of drug-likeness (QED) is 0.709. The van der Waals surface area contributed by atoms with Crippen molar-refractivity contribution in [3.63, 3.8) is 0 Å². The van der Waals surface area contributed by atoms with Gasteiger partial charge in [-0.25, -0.2) is 0 Å². The number of morpholine rings is 1. The minimum absolute atomic E-state index is 0.339. The molecule has 2 rings (SSSR count). The van der Waals surface area contributed by atoms with Gasteiger partial charge >= 0.3 is 0 Å². The average Bonchev–Trinajstić information content (AvgIpc) is 2.83. The number of rotatable bonds is 3. The Bertz CT molecular complexity index is 257. The minimum Gasteiger partial charge on any atom is -0.373 e. The summed E-state index contributed by atoms with van der Waals surface area (Å²) in [6, 6.07) is 2.32. The van der Waals surface area contributed by atoms with Crippen LogP contribution < -0.4 is 0 Å². The monoisotopic (exact) mass is 208 g/mol. The number of nitriles is 1. The summed E-state index contributed by atoms with van der Waals surface area (Å²) in [5, 5.41) is 8.78. The van der Waals surface area contributed by atoms with E-state index in [0.717, 1.165) is 26.1 Å². The Kier molecular flexibility index (Phi) is 2.99. The third kappa shape index (κ3) is 2.70. The van der Waals surface area contributed by atoms with Gasteiger partial charge in [0.05, 0.1) is 18.3 Å². The van der Waals surface area contributed by atoms with Crippen molar-refractivity contribution in [1.29, 1.82) is 5.26 Å². The Morgan fingerprint density at radius 2 is 1.93 bits per heavy atom. The van der Waals surface area contributed by atoms with Crippen molar-refractivity contribution in [3.05, 3.63) is 0 Å². The van der Waals surface area contributed by atoms with E-state index in [-0.39, 0.29) is 0 Å². The molecule has 0 spiro atoms. The molecule has 0 N–H and O–H groups in total. The van der Waals surface area contributed by atoms with Crippen molar-refractivity contribution in [1.82, 2.24) is 4.90 Å². The predicted octanol–water partition coefficient (Wildman–Crippen LogP) is 1.79. The second kappa shape index (κ2) is 4.11. The first-order valence-corrected chi connectivity index (χ1v) is 5.88. The van der Waals surface area contributed by atoms with Gasteiger partial charge in [0.1, 0.15) is 0 Å². The molecule has 2 unspecified atom stereocenters. The Balaban J connectivity index is 1.86. The van der Waals surface area contributed by atoms with Crippen molar-refractivity contribution < 1.29 is 4.74 Å². The summed E-state index contributed by atoms with van der Waals surface area (Å²) in [4.78, 5) is 2.48. The van der Waals surface area contributed by atoms with Gasteiger partial charge in [0.15, 0.2) is 0 Å². The molecule has 1 saturated carbocycles. The molecular formula is C12H20N2O. The smallest absolute Gasteiger partial charge is 0.0678 e. The van der Waals surface area contributed by atoms with Crippen LogP contribution in [0.1, 0.15) is 33.1 Å². The van der Waals surface area contributed by atoms with E-state index >= 15 is 0 Å². The molecule has 2 fully saturated rings. The Labute approximate surface area is 92.0 Å². The van der Waals surface area contributed by atoms with Crippen molar-refractivity contribution in [2.45, 2.75) is 45.3 Å². The number of nitrogens with zero attached hydrogens (tertiary/aromatic N) is 2. The van der Waals surface area contributed by atoms with E-state index in [4.69, 9.17) is 10.00 Å². The van der Waals surface area contributed by atoms with Gasteiger partial charge in [0.2, 0.25) is 0 Å². The highest BCUT2D eigenvalue weighted by Gasteiger charge is 2.44. The van der Waals surface area contributed by atoms with Crippen molar-refractivity contribution in [2.24, 2.45) is 5.41 Å². The molecule has 2 aliphatic rings. The summed E-state index contributed by atoms with van der Waals surface area (Å²) in [5.74, 6) is 0. The van der Waals surface area contributed by atoms with Gasteiger partial charge in [-0.05, 0) is 32.1 Å². The Morgan fingerprint density at radius 3 is 2.40 bits per heavy atom. The summed E-state index contributed by atoms with van der Waals surface area (Å²) in [7, 11) is 0. The van der Waals surface area contributed by atoms with E-state index in [2.05, 4.69) is 24.8 Å². The SMILES string of the molecule is CC1CN(CC2(CC#N)CC2)CC(C)O1. The lowest BCUT2D eigenvalue weighted by atomic mass is 10.0. The largest absolute Gasteiger partial charge is 0.373 e. The fraction of sp³-hybridized carbons (Fsp3) is 0.917. The molecule has 3 nitrogen and oxygen atoms in total. The molecule has 0 radical (unpaired) electrons. The maximum atomic E-state index is 8.78. The molecule has 0 amide bonds. The highest BCUT2D eigenvalue weighted by Crippen LogP contribution is 2.49. The molecule has 1 saturated heterocycles. The van der Waals surface area contributed by atoms with Gasteiger partial charge in [0, 0.05) is 26.1 Å². The van der Waals surface area contributed by atoms with Crippen LogP contribution in [0.25, 0.3) is 0 Å². The maximum absolute atomic E-state index is 8.78. The summed E-state index contributed by atoms with van der Waals surface area (Å²) in [6.07, 6.45) is 3.88. The third-order valence-corrected chi connectivity index (χ3v) is 3.47. The fourth-order valence-electron chi connectivity index (χ4n) is 2.62. The summed E-state index contributed by atoms with van der Waals surface area (Å²) in [6.45, 7) is 7.41. The van der Waals surface area contributed by atoms with E-state index in [1.54, 1.807) is 0 Å². The van der Waals surface area contributed by atoms with Gasteiger partial charge < -0.3 is 4.74 Å². The third-order valence-electron chi connectivity index (χ3n) is 3.47. The van der Waals surface area contributed by atoms with Gasteiger partial charge in [0.25, 0.3) is 0 Å². The molecular weight excluding hydrogens is 188 g/mol. The van der Waals surface area contributed by atoms with Crippen LogP contribution >= 0.6 is 0 Å². The standard InChI is InChI=1S/C12H20N2O/c1-10-7-14(8-11(2)15-10)9-12(3-4-12)5-6-13/h10-11H,3-5,7-9H2,1-2H3. The zero-order valence-electron chi connectivity index (χ0n) is 9.70. The van der Waals surface area contributed by atoms with E-state index in [0.29, 0.717) is 17.6 Å². The van der Waals surface area contributed by atoms with E-state index < -0.39 is 0 Å². The van der Waals surface area contributed by atoms with Crippen LogP contribution in [0.15, 0.2) is 0 Å². The summed E-state index contributed by atoms with van der Waals surface area (Å²) >= 11 is 0. The lowest BCUT2D eigenvalue weighted by Gasteiger charge is -2.37. The number of hydrogen-bond acceptors (Lipinski definition) is 3. The van der Waals surface area contributed by atoms with Crippen LogP contribution in [0.5, 0.6) is 0 Å². The van der Waals surface area contributed by atoms with Crippen LogP contribution in [-0.2, 0) is 4.74 Å². The molecule has 0 aromatic heterocycles. The van der Waals surface area contributed by atoms with Crippen LogP contribution in [0.2, 0.25) is 0 Å². The van der Waals surface area contributed by atoms with Gasteiger partial charge in [-0.15, -0.1) is 0 Å². The Morgan fingerprint density at radius 1 is 1.33 bits per heavy atom. The second-order valence-corrected chi connectivity index (χ2v) is 5.29. The first kappa shape index (κ1) is 10.9. The maximum Gasteiger partial charge on any atom is 0.0678 e. The van der Waals surface area contributed by atoms with Gasteiger partial charge in [-0.2, -0.15) is 5.26 Å². The second-order valence-electron chi connectivity index (χ2n) is 5.29. The highest BCUT2D eigenvalue weighted by molar-refractivity contribution is 5.01. The molecule has 0 bridgehead atoms. The fourth-order valence-corrected chi connectivity index (χ4v) is 2.62. The molecule has 3 heteroatoms. The molecule has 15 heavy (non-hydrogen) atoms. The van der Waals surface area contributed by atoms with Crippen LogP contribution in [0.4, 0.5) is 0 Å². The van der Waals surface area contributed by atoms with Crippen LogP contribution in [0, 0.1) is 16.7 Å². The molecule has 0 aromatic carbocycles. The molecule has 0 aromatic rings. The zero-order valence-corrected chi connectivity index (χ0v) is 9.70. The number of ether oxygens (including phenoxy) is 1. The van der Waals surface area contributed by atoms with Crippen molar-refractivity contribution in [2.75, 3.05) is 19.6 Å². The van der Waals surface area contributed by atoms with E-state index in [1.165, 1.54) is 12.8 Å². The Hall–Kier alpha value is -0.590. The first-order valence-electron chi connectivity index (χ1n) is 5.88. The molecule has 2 atom stereocenters. The van der Waals surface area contributed by atoms with E-state index in [1.807, 2.05) is 0 Å². The summed E-state index contributed by atoms with van der Waals surface area (Å²) in [5.41, 5.74) is 0.339. The normalized spacial score (nSPS) is 34.7. The first-order chi connectivity index (χ1) is 7.13.